The molecule has 0 aromatic heterocycles. The van der Waals surface area contributed by atoms with Gasteiger partial charge in [-0.05, 0) is 55.3 Å². The standard InChI is InChI=1S/C20H24N4O4S/c1-11-8-18(23-17-6-5-14(10-16(17)21)29(3,27)28)15-9-13(20(22)26)4-7-19(15)24(11)12(2)25/h4-7,9-11,18,23H,8,21H2,1-3H3,(H2,22,26). The van der Waals surface area contributed by atoms with Crippen LogP contribution in [0.15, 0.2) is 41.3 Å². The lowest BCUT2D eigenvalue weighted by atomic mass is 9.90. The van der Waals surface area contributed by atoms with Crippen molar-refractivity contribution in [3.63, 3.8) is 0 Å². The van der Waals surface area contributed by atoms with Crippen LogP contribution in [0.25, 0.3) is 0 Å². The molecule has 2 unspecified atom stereocenters. The maximum atomic E-state index is 12.2. The number of sulfone groups is 1. The van der Waals surface area contributed by atoms with Gasteiger partial charge in [-0.25, -0.2) is 8.42 Å². The van der Waals surface area contributed by atoms with E-state index in [-0.39, 0.29) is 22.9 Å². The zero-order valence-electron chi connectivity index (χ0n) is 16.5. The Morgan fingerprint density at radius 1 is 1.17 bits per heavy atom. The van der Waals surface area contributed by atoms with Gasteiger partial charge in [0.1, 0.15) is 0 Å². The molecule has 0 bridgehead atoms. The molecular weight excluding hydrogens is 392 g/mol. The Bertz CT molecular complexity index is 1100. The van der Waals surface area contributed by atoms with Crippen molar-refractivity contribution in [2.24, 2.45) is 5.73 Å². The van der Waals surface area contributed by atoms with E-state index in [9.17, 15) is 18.0 Å². The van der Waals surface area contributed by atoms with E-state index in [4.69, 9.17) is 11.5 Å². The number of nitrogen functional groups attached to an aromatic ring is 1. The Balaban J connectivity index is 2.04. The maximum absolute atomic E-state index is 12.2. The van der Waals surface area contributed by atoms with E-state index >= 15 is 0 Å². The summed E-state index contributed by atoms with van der Waals surface area (Å²) in [5, 5.41) is 3.33. The fraction of sp³-hybridized carbons (Fsp3) is 0.300. The second-order valence-electron chi connectivity index (χ2n) is 7.33. The minimum absolute atomic E-state index is 0.0894. The smallest absolute Gasteiger partial charge is 0.248 e. The summed E-state index contributed by atoms with van der Waals surface area (Å²) in [6.45, 7) is 3.44. The molecule has 1 aliphatic heterocycles. The molecule has 2 amide bonds. The van der Waals surface area contributed by atoms with E-state index in [1.54, 1.807) is 29.2 Å². The summed E-state index contributed by atoms with van der Waals surface area (Å²) in [5.41, 5.74) is 14.2. The van der Waals surface area contributed by atoms with E-state index in [2.05, 4.69) is 5.32 Å². The third kappa shape index (κ3) is 4.04. The monoisotopic (exact) mass is 416 g/mol. The summed E-state index contributed by atoms with van der Waals surface area (Å²) in [6.07, 6.45) is 1.69. The fourth-order valence-corrected chi connectivity index (χ4v) is 4.38. The summed E-state index contributed by atoms with van der Waals surface area (Å²) in [7, 11) is -3.37. The lowest BCUT2D eigenvalue weighted by molar-refractivity contribution is -0.117. The number of amides is 2. The van der Waals surface area contributed by atoms with Gasteiger partial charge < -0.3 is 21.7 Å². The third-order valence-corrected chi connectivity index (χ3v) is 6.19. The Kier molecular flexibility index (Phi) is 5.27. The molecule has 5 N–H and O–H groups in total. The van der Waals surface area contributed by atoms with Crippen molar-refractivity contribution in [3.05, 3.63) is 47.5 Å². The van der Waals surface area contributed by atoms with E-state index < -0.39 is 15.7 Å². The van der Waals surface area contributed by atoms with Gasteiger partial charge in [0.15, 0.2) is 9.84 Å². The number of hydrogen-bond donors (Lipinski definition) is 3. The van der Waals surface area contributed by atoms with Crippen LogP contribution in [0, 0.1) is 0 Å². The Morgan fingerprint density at radius 3 is 2.41 bits per heavy atom. The first-order valence-corrected chi connectivity index (χ1v) is 11.0. The summed E-state index contributed by atoms with van der Waals surface area (Å²) in [4.78, 5) is 25.7. The molecule has 0 aliphatic carbocycles. The highest BCUT2D eigenvalue weighted by Crippen LogP contribution is 2.40. The van der Waals surface area contributed by atoms with Crippen molar-refractivity contribution in [1.82, 2.24) is 0 Å². The lowest BCUT2D eigenvalue weighted by Gasteiger charge is -2.39. The Hall–Kier alpha value is -3.07. The van der Waals surface area contributed by atoms with Gasteiger partial charge in [0.2, 0.25) is 11.8 Å². The molecule has 0 fully saturated rings. The zero-order chi connectivity index (χ0) is 21.5. The first-order chi connectivity index (χ1) is 13.5. The van der Waals surface area contributed by atoms with Crippen LogP contribution < -0.4 is 21.7 Å². The minimum Gasteiger partial charge on any atom is -0.397 e. The number of benzene rings is 2. The van der Waals surface area contributed by atoms with Gasteiger partial charge in [0.05, 0.1) is 22.3 Å². The average Bonchev–Trinajstić information content (AvgIpc) is 2.61. The van der Waals surface area contributed by atoms with Crippen LogP contribution in [0.1, 0.15) is 42.2 Å². The van der Waals surface area contributed by atoms with E-state index in [1.165, 1.54) is 19.1 Å². The fourth-order valence-electron chi connectivity index (χ4n) is 3.72. The molecule has 3 rings (SSSR count). The van der Waals surface area contributed by atoms with Gasteiger partial charge in [0.25, 0.3) is 0 Å². The lowest BCUT2D eigenvalue weighted by Crippen LogP contribution is -2.43. The molecule has 0 radical (unpaired) electrons. The summed E-state index contributed by atoms with van der Waals surface area (Å²) in [5.74, 6) is -0.655. The van der Waals surface area contributed by atoms with Crippen LogP contribution >= 0.6 is 0 Å². The average molecular weight is 417 g/mol. The number of nitrogens with two attached hydrogens (primary N) is 2. The van der Waals surface area contributed by atoms with Crippen molar-refractivity contribution in [3.8, 4) is 0 Å². The molecule has 1 aliphatic rings. The van der Waals surface area contributed by atoms with Crippen molar-refractivity contribution in [1.29, 1.82) is 0 Å². The largest absolute Gasteiger partial charge is 0.397 e. The molecular formula is C20H24N4O4S. The second-order valence-corrected chi connectivity index (χ2v) is 9.35. The van der Waals surface area contributed by atoms with E-state index in [0.29, 0.717) is 29.0 Å². The van der Waals surface area contributed by atoms with Gasteiger partial charge >= 0.3 is 0 Å². The SMILES string of the molecule is CC(=O)N1c2ccc(C(N)=O)cc2C(Nc2ccc(S(C)(=O)=O)cc2N)CC1C. The van der Waals surface area contributed by atoms with Crippen LogP contribution in [0.2, 0.25) is 0 Å². The second kappa shape index (κ2) is 7.40. The van der Waals surface area contributed by atoms with Crippen molar-refractivity contribution < 1.29 is 18.0 Å². The van der Waals surface area contributed by atoms with Crippen molar-refractivity contribution in [2.75, 3.05) is 22.2 Å². The summed E-state index contributed by atoms with van der Waals surface area (Å²) < 4.78 is 23.5. The summed E-state index contributed by atoms with van der Waals surface area (Å²) in [6, 6.07) is 9.17. The molecule has 1 heterocycles. The topological polar surface area (TPSA) is 136 Å². The number of anilines is 3. The van der Waals surface area contributed by atoms with Crippen LogP contribution in [0.4, 0.5) is 17.1 Å². The number of nitrogens with one attached hydrogen (secondary N) is 1. The number of rotatable bonds is 4. The quantitative estimate of drug-likeness (QED) is 0.653. The third-order valence-electron chi connectivity index (χ3n) is 5.08. The Labute approximate surface area is 169 Å². The molecule has 2 aromatic rings. The maximum Gasteiger partial charge on any atom is 0.248 e. The number of carbonyl (C=O) groups excluding carboxylic acids is 2. The number of hydrogen-bond acceptors (Lipinski definition) is 6. The highest BCUT2D eigenvalue weighted by atomic mass is 32.2. The molecule has 29 heavy (non-hydrogen) atoms. The van der Waals surface area contributed by atoms with Crippen LogP contribution in [0.3, 0.4) is 0 Å². The van der Waals surface area contributed by atoms with Crippen molar-refractivity contribution >= 4 is 38.7 Å². The van der Waals surface area contributed by atoms with Gasteiger partial charge in [0, 0.05) is 30.5 Å². The molecule has 2 aromatic carbocycles. The number of primary amides is 1. The highest BCUT2D eigenvalue weighted by Gasteiger charge is 2.33. The number of nitrogens with zero attached hydrogens (tertiary/aromatic N) is 1. The predicted molar refractivity (Wildman–Crippen MR) is 113 cm³/mol. The van der Waals surface area contributed by atoms with Crippen LogP contribution in [-0.4, -0.2) is 32.5 Å². The first-order valence-electron chi connectivity index (χ1n) is 9.08. The van der Waals surface area contributed by atoms with E-state index in [1.807, 2.05) is 6.92 Å². The van der Waals surface area contributed by atoms with Crippen LogP contribution in [0.5, 0.6) is 0 Å². The van der Waals surface area contributed by atoms with Gasteiger partial charge in [-0.1, -0.05) is 0 Å². The molecule has 9 heteroatoms. The summed E-state index contributed by atoms with van der Waals surface area (Å²) >= 11 is 0. The molecule has 0 saturated heterocycles. The minimum atomic E-state index is -3.37. The Morgan fingerprint density at radius 2 is 1.86 bits per heavy atom. The molecule has 8 nitrogen and oxygen atoms in total. The van der Waals surface area contributed by atoms with Crippen molar-refractivity contribution in [2.45, 2.75) is 37.2 Å². The zero-order valence-corrected chi connectivity index (χ0v) is 17.3. The van der Waals surface area contributed by atoms with Crippen LogP contribution in [-0.2, 0) is 14.6 Å². The molecule has 0 saturated carbocycles. The number of fused-ring (bicyclic) bond motifs is 1. The molecule has 154 valence electrons. The molecule has 2 atom stereocenters. The van der Waals surface area contributed by atoms with Gasteiger partial charge in [-0.15, -0.1) is 0 Å². The van der Waals surface area contributed by atoms with E-state index in [0.717, 1.165) is 11.8 Å². The first kappa shape index (κ1) is 20.7. The van der Waals surface area contributed by atoms with Gasteiger partial charge in [-0.2, -0.15) is 0 Å². The number of carbonyl (C=O) groups is 2. The predicted octanol–water partition coefficient (Wildman–Crippen LogP) is 2.07. The normalized spacial score (nSPS) is 18.8. The van der Waals surface area contributed by atoms with Gasteiger partial charge in [-0.3, -0.25) is 9.59 Å². The highest BCUT2D eigenvalue weighted by molar-refractivity contribution is 7.90. The molecule has 0 spiro atoms.